The highest BCUT2D eigenvalue weighted by Gasteiger charge is 2.21. The number of nitrogens with zero attached hydrogens (tertiary/aromatic N) is 2. The third-order valence-electron chi connectivity index (χ3n) is 3.77. The van der Waals surface area contributed by atoms with Gasteiger partial charge in [-0.3, -0.25) is 14.9 Å². The maximum atomic E-state index is 12.3. The standard InChI is InChI=1S/C16H22N4O4/c21-14(5-6-15(22)23)19-16(24)13-9-12-10-20(11-18-12)8-4-2-1-3-7-17-13/h5-6,10-11,13,17H,1-4,7-9H2,(H,22,23)(H,19,21,24)/b6-5-/t13-/m0/s1. The molecule has 1 atom stereocenters. The number of amides is 2. The van der Waals surface area contributed by atoms with E-state index in [4.69, 9.17) is 5.11 Å². The number of carbonyl (C=O) groups excluding carboxylic acids is 2. The maximum Gasteiger partial charge on any atom is 0.328 e. The molecule has 8 heteroatoms. The van der Waals surface area contributed by atoms with Crippen molar-refractivity contribution in [1.82, 2.24) is 20.2 Å². The van der Waals surface area contributed by atoms with Crippen molar-refractivity contribution in [2.45, 2.75) is 44.7 Å². The summed E-state index contributed by atoms with van der Waals surface area (Å²) in [6.07, 6.45) is 9.80. The van der Waals surface area contributed by atoms with Crippen LogP contribution >= 0.6 is 0 Å². The molecule has 0 saturated heterocycles. The zero-order valence-corrected chi connectivity index (χ0v) is 13.4. The van der Waals surface area contributed by atoms with E-state index < -0.39 is 23.8 Å². The Morgan fingerprint density at radius 3 is 2.83 bits per heavy atom. The summed E-state index contributed by atoms with van der Waals surface area (Å²) in [7, 11) is 0. The fourth-order valence-corrected chi connectivity index (χ4v) is 2.55. The monoisotopic (exact) mass is 334 g/mol. The molecule has 0 spiro atoms. The predicted octanol–water partition coefficient (Wildman–Crippen LogP) is 0.241. The van der Waals surface area contributed by atoms with Crippen LogP contribution in [0.15, 0.2) is 24.7 Å². The fraction of sp³-hybridized carbons (Fsp3) is 0.500. The number of carbonyl (C=O) groups is 3. The number of imidazole rings is 1. The molecule has 2 amide bonds. The van der Waals surface area contributed by atoms with Gasteiger partial charge in [-0.2, -0.15) is 0 Å². The second-order valence-electron chi connectivity index (χ2n) is 5.75. The molecule has 130 valence electrons. The molecular formula is C16H22N4O4. The largest absolute Gasteiger partial charge is 0.478 e. The smallest absolute Gasteiger partial charge is 0.328 e. The van der Waals surface area contributed by atoms with Gasteiger partial charge in [0.05, 0.1) is 18.1 Å². The van der Waals surface area contributed by atoms with Crippen molar-refractivity contribution in [1.29, 1.82) is 0 Å². The van der Waals surface area contributed by atoms with E-state index in [0.29, 0.717) is 19.0 Å². The summed E-state index contributed by atoms with van der Waals surface area (Å²) in [6.45, 7) is 1.59. The molecule has 1 aromatic heterocycles. The molecule has 2 heterocycles. The highest BCUT2D eigenvalue weighted by molar-refractivity contribution is 6.04. The molecule has 3 N–H and O–H groups in total. The molecule has 2 bridgehead atoms. The van der Waals surface area contributed by atoms with E-state index in [-0.39, 0.29) is 0 Å². The molecule has 1 aromatic rings. The number of nitrogens with one attached hydrogen (secondary N) is 2. The van der Waals surface area contributed by atoms with E-state index in [1.165, 1.54) is 0 Å². The van der Waals surface area contributed by atoms with Gasteiger partial charge < -0.3 is 15.0 Å². The SMILES string of the molecule is O=C(O)/C=C\C(=O)NC(=O)[C@@H]1Cc2cn(cn2)CCCCCCN1. The minimum absolute atomic E-state index is 0.370. The first-order valence-corrected chi connectivity index (χ1v) is 8.04. The number of aryl methyl sites for hydroxylation is 1. The molecule has 1 aliphatic heterocycles. The molecule has 8 nitrogen and oxygen atoms in total. The number of rotatable bonds is 3. The number of imide groups is 1. The van der Waals surface area contributed by atoms with E-state index in [2.05, 4.69) is 15.6 Å². The van der Waals surface area contributed by atoms with Gasteiger partial charge >= 0.3 is 5.97 Å². The highest BCUT2D eigenvalue weighted by Crippen LogP contribution is 2.07. The van der Waals surface area contributed by atoms with Crippen LogP contribution in [0.5, 0.6) is 0 Å². The van der Waals surface area contributed by atoms with Crippen LogP contribution in [0.1, 0.15) is 31.4 Å². The summed E-state index contributed by atoms with van der Waals surface area (Å²) in [5, 5.41) is 13.8. The minimum Gasteiger partial charge on any atom is -0.478 e. The van der Waals surface area contributed by atoms with Crippen LogP contribution in [-0.4, -0.2) is 45.0 Å². The second kappa shape index (κ2) is 8.97. The van der Waals surface area contributed by atoms with Gasteiger partial charge in [-0.15, -0.1) is 0 Å². The van der Waals surface area contributed by atoms with Crippen molar-refractivity contribution >= 4 is 17.8 Å². The minimum atomic E-state index is -1.24. The Bertz CT molecular complexity index is 623. The van der Waals surface area contributed by atoms with Crippen molar-refractivity contribution in [3.63, 3.8) is 0 Å². The van der Waals surface area contributed by atoms with Gasteiger partial charge in [-0.1, -0.05) is 12.8 Å². The Kier molecular flexibility index (Phi) is 6.68. The van der Waals surface area contributed by atoms with Gasteiger partial charge in [0.1, 0.15) is 0 Å². The lowest BCUT2D eigenvalue weighted by Crippen LogP contribution is -2.47. The molecule has 0 aliphatic carbocycles. The fourth-order valence-electron chi connectivity index (χ4n) is 2.55. The molecule has 0 aromatic carbocycles. The van der Waals surface area contributed by atoms with Gasteiger partial charge in [0.15, 0.2) is 0 Å². The quantitative estimate of drug-likeness (QED) is 0.683. The highest BCUT2D eigenvalue weighted by atomic mass is 16.4. The molecule has 0 fully saturated rings. The average molecular weight is 334 g/mol. The van der Waals surface area contributed by atoms with Crippen molar-refractivity contribution in [2.24, 2.45) is 0 Å². The number of carboxylic acid groups (broad SMARTS) is 1. The summed E-state index contributed by atoms with van der Waals surface area (Å²) >= 11 is 0. The van der Waals surface area contributed by atoms with Crippen LogP contribution in [0, 0.1) is 0 Å². The van der Waals surface area contributed by atoms with Crippen molar-refractivity contribution in [3.05, 3.63) is 30.4 Å². The second-order valence-corrected chi connectivity index (χ2v) is 5.75. The van der Waals surface area contributed by atoms with Gasteiger partial charge in [0, 0.05) is 31.3 Å². The lowest BCUT2D eigenvalue weighted by atomic mass is 10.1. The first kappa shape index (κ1) is 17.9. The summed E-state index contributed by atoms with van der Waals surface area (Å²) < 4.78 is 2.01. The molecule has 24 heavy (non-hydrogen) atoms. The van der Waals surface area contributed by atoms with Gasteiger partial charge in [0.25, 0.3) is 5.91 Å². The lowest BCUT2D eigenvalue weighted by Gasteiger charge is -2.17. The predicted molar refractivity (Wildman–Crippen MR) is 86.1 cm³/mol. The van der Waals surface area contributed by atoms with E-state index >= 15 is 0 Å². The Balaban J connectivity index is 2.01. The third kappa shape index (κ3) is 5.96. The van der Waals surface area contributed by atoms with E-state index in [1.54, 1.807) is 6.33 Å². The van der Waals surface area contributed by atoms with Crippen molar-refractivity contribution in [2.75, 3.05) is 6.54 Å². The summed E-state index contributed by atoms with van der Waals surface area (Å²) in [6, 6.07) is -0.588. The van der Waals surface area contributed by atoms with Crippen LogP contribution in [0.3, 0.4) is 0 Å². The summed E-state index contributed by atoms with van der Waals surface area (Å²) in [4.78, 5) is 38.6. The first-order valence-electron chi connectivity index (χ1n) is 8.04. The lowest BCUT2D eigenvalue weighted by molar-refractivity contribution is -0.133. The topological polar surface area (TPSA) is 113 Å². The zero-order chi connectivity index (χ0) is 17.4. The number of hydrogen-bond donors (Lipinski definition) is 3. The van der Waals surface area contributed by atoms with Gasteiger partial charge in [-0.05, 0) is 19.4 Å². The normalized spacial score (nSPS) is 19.2. The van der Waals surface area contributed by atoms with Crippen LogP contribution in [0.4, 0.5) is 0 Å². The van der Waals surface area contributed by atoms with Crippen molar-refractivity contribution < 1.29 is 19.5 Å². The van der Waals surface area contributed by atoms with E-state index in [9.17, 15) is 14.4 Å². The van der Waals surface area contributed by atoms with Gasteiger partial charge in [-0.25, -0.2) is 9.78 Å². The number of carboxylic acids is 1. The Labute approximate surface area is 139 Å². The third-order valence-corrected chi connectivity index (χ3v) is 3.77. The summed E-state index contributed by atoms with van der Waals surface area (Å²) in [5.41, 5.74) is 0.775. The van der Waals surface area contributed by atoms with Crippen molar-refractivity contribution in [3.8, 4) is 0 Å². The average Bonchev–Trinajstić information content (AvgIpc) is 2.97. The molecule has 1 aliphatic rings. The van der Waals surface area contributed by atoms with Crippen LogP contribution in [0.25, 0.3) is 0 Å². The van der Waals surface area contributed by atoms with Gasteiger partial charge in [0.2, 0.25) is 5.91 Å². The number of hydrogen-bond acceptors (Lipinski definition) is 5. The van der Waals surface area contributed by atoms with E-state index in [1.807, 2.05) is 10.8 Å². The van der Waals surface area contributed by atoms with E-state index in [0.717, 1.165) is 44.0 Å². The molecule has 0 unspecified atom stereocenters. The number of aromatic nitrogens is 2. The van der Waals surface area contributed by atoms with Crippen LogP contribution < -0.4 is 10.6 Å². The van der Waals surface area contributed by atoms with Crippen LogP contribution in [0.2, 0.25) is 0 Å². The molecule has 0 saturated carbocycles. The Morgan fingerprint density at radius 2 is 2.04 bits per heavy atom. The maximum absolute atomic E-state index is 12.3. The number of fused-ring (bicyclic) bond motifs is 2. The number of aliphatic carboxylic acids is 1. The Hall–Kier alpha value is -2.48. The first-order chi connectivity index (χ1) is 11.5. The van der Waals surface area contributed by atoms with Crippen LogP contribution in [-0.2, 0) is 27.3 Å². The zero-order valence-electron chi connectivity index (χ0n) is 13.4. The summed E-state index contributed by atoms with van der Waals surface area (Å²) in [5.74, 6) is -2.48. The molecule has 2 rings (SSSR count). The Morgan fingerprint density at radius 1 is 1.25 bits per heavy atom. The molecular weight excluding hydrogens is 312 g/mol. The molecule has 0 radical (unpaired) electrons.